The predicted octanol–water partition coefficient (Wildman–Crippen LogP) is 2.85. The van der Waals surface area contributed by atoms with Gasteiger partial charge in [0.15, 0.2) is 0 Å². The van der Waals surface area contributed by atoms with Crippen LogP contribution in [0.4, 0.5) is 0 Å². The Morgan fingerprint density at radius 3 is 2.47 bits per heavy atom. The van der Waals surface area contributed by atoms with E-state index in [0.717, 1.165) is 25.2 Å². The summed E-state index contributed by atoms with van der Waals surface area (Å²) in [6.45, 7) is 6.02. The van der Waals surface area contributed by atoms with Gasteiger partial charge in [-0.1, -0.05) is 23.8 Å². The number of methoxy groups -OCH3 is 1. The zero-order valence-electron chi connectivity index (χ0n) is 19.5. The zero-order chi connectivity index (χ0) is 24.2. The number of carbonyl (C=O) groups excluding carboxylic acids is 2. The van der Waals surface area contributed by atoms with E-state index < -0.39 is 17.7 Å². The highest BCUT2D eigenvalue weighted by molar-refractivity contribution is 6.46. The van der Waals surface area contributed by atoms with Crippen LogP contribution in [0.15, 0.2) is 48.0 Å². The second kappa shape index (κ2) is 10.3. The molecule has 34 heavy (non-hydrogen) atoms. The number of hydrogen-bond acceptors (Lipinski definition) is 7. The molecule has 4 rings (SSSR count). The molecule has 2 N–H and O–H groups in total. The number of Topliss-reactive ketones (excluding diaryl/α,β-unsaturated/α-hetero) is 1. The number of likely N-dealkylation sites (tertiary alicyclic amines) is 1. The number of nitrogens with zero attached hydrogens (tertiary/aromatic N) is 2. The number of phenolic OH excluding ortho intramolecular Hbond substituents is 1. The topological polar surface area (TPSA) is 99.5 Å². The van der Waals surface area contributed by atoms with Crippen LogP contribution < -0.4 is 4.74 Å². The maximum atomic E-state index is 13.2. The SMILES string of the molecule is COc1ccc([C@H]2C(=C(O)c3cc(C)ccc3O)C(=O)C(=O)N2CCCN2CCOCC2)cc1. The van der Waals surface area contributed by atoms with E-state index in [0.29, 0.717) is 37.5 Å². The summed E-state index contributed by atoms with van der Waals surface area (Å²) < 4.78 is 10.6. The lowest BCUT2D eigenvalue weighted by molar-refractivity contribution is -0.140. The molecule has 8 nitrogen and oxygen atoms in total. The summed E-state index contributed by atoms with van der Waals surface area (Å²) in [7, 11) is 1.56. The summed E-state index contributed by atoms with van der Waals surface area (Å²) in [6.07, 6.45) is 0.676. The van der Waals surface area contributed by atoms with E-state index in [1.807, 2.05) is 6.92 Å². The maximum Gasteiger partial charge on any atom is 0.295 e. The molecule has 1 atom stereocenters. The van der Waals surface area contributed by atoms with Crippen molar-refractivity contribution in [1.82, 2.24) is 9.80 Å². The average Bonchev–Trinajstić information content (AvgIpc) is 3.11. The number of aliphatic hydroxyl groups excluding tert-OH is 1. The van der Waals surface area contributed by atoms with Crippen molar-refractivity contribution in [2.75, 3.05) is 46.5 Å². The van der Waals surface area contributed by atoms with Gasteiger partial charge in [-0.2, -0.15) is 0 Å². The number of phenols is 1. The molecule has 2 aliphatic heterocycles. The molecule has 0 unspecified atom stereocenters. The number of benzene rings is 2. The molecule has 2 heterocycles. The lowest BCUT2D eigenvalue weighted by Crippen LogP contribution is -2.38. The van der Waals surface area contributed by atoms with Gasteiger partial charge in [-0.25, -0.2) is 0 Å². The van der Waals surface area contributed by atoms with Gasteiger partial charge >= 0.3 is 0 Å². The van der Waals surface area contributed by atoms with E-state index in [1.54, 1.807) is 43.5 Å². The minimum Gasteiger partial charge on any atom is -0.507 e. The molecule has 2 fully saturated rings. The number of aliphatic hydroxyl groups is 1. The van der Waals surface area contributed by atoms with Crippen LogP contribution in [0, 0.1) is 6.92 Å². The van der Waals surface area contributed by atoms with E-state index in [4.69, 9.17) is 9.47 Å². The summed E-state index contributed by atoms with van der Waals surface area (Å²) in [4.78, 5) is 30.0. The predicted molar refractivity (Wildman–Crippen MR) is 127 cm³/mol. The first-order valence-electron chi connectivity index (χ1n) is 11.4. The molecule has 8 heteroatoms. The Hall–Kier alpha value is -3.36. The molecule has 1 amide bonds. The van der Waals surface area contributed by atoms with Crippen LogP contribution in [0.2, 0.25) is 0 Å². The highest BCUT2D eigenvalue weighted by Crippen LogP contribution is 2.41. The third kappa shape index (κ3) is 4.78. The second-order valence-electron chi connectivity index (χ2n) is 8.59. The van der Waals surface area contributed by atoms with Gasteiger partial charge in [0, 0.05) is 26.2 Å². The minimum absolute atomic E-state index is 0.0255. The summed E-state index contributed by atoms with van der Waals surface area (Å²) in [5.41, 5.74) is 1.59. The van der Waals surface area contributed by atoms with Crippen LogP contribution in [-0.2, 0) is 14.3 Å². The van der Waals surface area contributed by atoms with E-state index in [1.165, 1.54) is 11.0 Å². The zero-order valence-corrected chi connectivity index (χ0v) is 19.5. The van der Waals surface area contributed by atoms with Crippen molar-refractivity contribution in [3.8, 4) is 11.5 Å². The first-order chi connectivity index (χ1) is 16.4. The average molecular weight is 467 g/mol. The van der Waals surface area contributed by atoms with Gasteiger partial charge in [-0.15, -0.1) is 0 Å². The Morgan fingerprint density at radius 1 is 1.09 bits per heavy atom. The normalized spacial score (nSPS) is 20.6. The fourth-order valence-electron chi connectivity index (χ4n) is 4.52. The Morgan fingerprint density at radius 2 is 1.79 bits per heavy atom. The summed E-state index contributed by atoms with van der Waals surface area (Å²) in [5.74, 6) is -1.31. The maximum absolute atomic E-state index is 13.2. The van der Waals surface area contributed by atoms with E-state index >= 15 is 0 Å². The van der Waals surface area contributed by atoms with Crippen molar-refractivity contribution >= 4 is 17.4 Å². The first kappa shape index (κ1) is 23.8. The number of aromatic hydroxyl groups is 1. The van der Waals surface area contributed by atoms with Gasteiger partial charge in [0.1, 0.15) is 17.3 Å². The van der Waals surface area contributed by atoms with Crippen LogP contribution in [0.5, 0.6) is 11.5 Å². The Labute approximate surface area is 199 Å². The summed E-state index contributed by atoms with van der Waals surface area (Å²) in [6, 6.07) is 11.1. The molecule has 180 valence electrons. The highest BCUT2D eigenvalue weighted by Gasteiger charge is 2.46. The summed E-state index contributed by atoms with van der Waals surface area (Å²) in [5, 5.41) is 21.5. The van der Waals surface area contributed by atoms with Crippen molar-refractivity contribution in [1.29, 1.82) is 0 Å². The minimum atomic E-state index is -0.768. The lowest BCUT2D eigenvalue weighted by atomic mass is 9.94. The third-order valence-corrected chi connectivity index (χ3v) is 6.36. The van der Waals surface area contributed by atoms with Crippen LogP contribution in [0.1, 0.15) is 29.2 Å². The van der Waals surface area contributed by atoms with Gasteiger partial charge < -0.3 is 24.6 Å². The quantitative estimate of drug-likeness (QED) is 0.368. The number of ketones is 1. The number of morpholine rings is 1. The molecule has 2 aromatic carbocycles. The Balaban J connectivity index is 1.70. The van der Waals surface area contributed by atoms with Gasteiger partial charge in [-0.3, -0.25) is 14.5 Å². The van der Waals surface area contributed by atoms with Crippen molar-refractivity contribution in [3.63, 3.8) is 0 Å². The van der Waals surface area contributed by atoms with Gasteiger partial charge in [0.2, 0.25) is 0 Å². The monoisotopic (exact) mass is 466 g/mol. The smallest absolute Gasteiger partial charge is 0.295 e. The first-order valence-corrected chi connectivity index (χ1v) is 11.4. The number of amides is 1. The van der Waals surface area contributed by atoms with Crippen LogP contribution in [0.25, 0.3) is 5.76 Å². The Kier molecular flexibility index (Phi) is 7.19. The van der Waals surface area contributed by atoms with Crippen molar-refractivity contribution < 1.29 is 29.3 Å². The van der Waals surface area contributed by atoms with E-state index in [-0.39, 0.29) is 22.6 Å². The Bertz CT molecular complexity index is 1090. The molecule has 0 radical (unpaired) electrons. The molecule has 0 spiro atoms. The van der Waals surface area contributed by atoms with Crippen LogP contribution in [-0.4, -0.2) is 78.2 Å². The van der Waals surface area contributed by atoms with Gasteiger partial charge in [-0.05, 0) is 43.2 Å². The van der Waals surface area contributed by atoms with Gasteiger partial charge in [0.25, 0.3) is 11.7 Å². The fourth-order valence-corrected chi connectivity index (χ4v) is 4.52. The number of rotatable bonds is 7. The number of hydrogen-bond donors (Lipinski definition) is 2. The van der Waals surface area contributed by atoms with Crippen molar-refractivity contribution in [2.45, 2.75) is 19.4 Å². The van der Waals surface area contributed by atoms with E-state index in [9.17, 15) is 19.8 Å². The molecular formula is C26H30N2O6. The molecule has 2 saturated heterocycles. The van der Waals surface area contributed by atoms with Crippen LogP contribution in [0.3, 0.4) is 0 Å². The van der Waals surface area contributed by atoms with Crippen molar-refractivity contribution in [2.24, 2.45) is 0 Å². The standard InChI is InChI=1S/C26H30N2O6/c1-17-4-9-21(29)20(16-17)24(30)22-23(18-5-7-19(33-2)8-6-18)28(26(32)25(22)31)11-3-10-27-12-14-34-15-13-27/h4-9,16,23,29-30H,3,10-15H2,1-2H3/t23-/m0/s1. The summed E-state index contributed by atoms with van der Waals surface area (Å²) >= 11 is 0. The lowest BCUT2D eigenvalue weighted by Gasteiger charge is -2.29. The second-order valence-corrected chi connectivity index (χ2v) is 8.59. The number of aryl methyl sites for hydroxylation is 1. The number of ether oxygens (including phenoxy) is 2. The molecule has 0 saturated carbocycles. The molecule has 0 aromatic heterocycles. The molecular weight excluding hydrogens is 436 g/mol. The van der Waals surface area contributed by atoms with Crippen LogP contribution >= 0.6 is 0 Å². The molecule has 2 aliphatic rings. The highest BCUT2D eigenvalue weighted by atomic mass is 16.5. The molecule has 2 aromatic rings. The van der Waals surface area contributed by atoms with E-state index in [2.05, 4.69) is 4.90 Å². The largest absolute Gasteiger partial charge is 0.507 e. The fraction of sp³-hybridized carbons (Fsp3) is 0.385. The van der Waals surface area contributed by atoms with Crippen molar-refractivity contribution in [3.05, 3.63) is 64.7 Å². The number of carbonyl (C=O) groups is 2. The third-order valence-electron chi connectivity index (χ3n) is 6.36. The molecule has 0 bridgehead atoms. The molecule has 0 aliphatic carbocycles. The van der Waals surface area contributed by atoms with Gasteiger partial charge in [0.05, 0.1) is 37.5 Å².